The van der Waals surface area contributed by atoms with Gasteiger partial charge in [0.25, 0.3) is 5.56 Å². The van der Waals surface area contributed by atoms with Crippen LogP contribution in [-0.4, -0.2) is 21.2 Å². The van der Waals surface area contributed by atoms with Crippen molar-refractivity contribution in [3.05, 3.63) is 86.8 Å². The molecule has 0 radical (unpaired) electrons. The summed E-state index contributed by atoms with van der Waals surface area (Å²) in [5.74, 6) is -0.403. The van der Waals surface area contributed by atoms with Gasteiger partial charge < -0.3 is 5.32 Å². The van der Waals surface area contributed by atoms with Crippen LogP contribution in [0.15, 0.2) is 63.9 Å². The number of benzene rings is 2. The Balaban J connectivity index is 1.58. The maximum absolute atomic E-state index is 13.2. The second-order valence-electron chi connectivity index (χ2n) is 7.15. The second-order valence-corrected chi connectivity index (χ2v) is 9.01. The van der Waals surface area contributed by atoms with Gasteiger partial charge in [0.05, 0.1) is 17.0 Å². The molecule has 4 aromatic rings. The second kappa shape index (κ2) is 9.03. The van der Waals surface area contributed by atoms with Crippen molar-refractivity contribution in [2.45, 2.75) is 25.5 Å². The van der Waals surface area contributed by atoms with Crippen molar-refractivity contribution in [2.24, 2.45) is 0 Å². The van der Waals surface area contributed by atoms with Crippen LogP contribution >= 0.6 is 23.1 Å². The van der Waals surface area contributed by atoms with Crippen LogP contribution in [0.2, 0.25) is 0 Å². The first-order valence-electron chi connectivity index (χ1n) is 9.64. The van der Waals surface area contributed by atoms with Crippen LogP contribution in [0, 0.1) is 19.7 Å². The molecule has 8 heteroatoms. The molecule has 2 heterocycles. The van der Waals surface area contributed by atoms with Crippen molar-refractivity contribution in [1.29, 1.82) is 0 Å². The Morgan fingerprint density at radius 1 is 1.16 bits per heavy atom. The van der Waals surface area contributed by atoms with Gasteiger partial charge in [-0.2, -0.15) is 0 Å². The fourth-order valence-corrected chi connectivity index (χ4v) is 4.84. The third kappa shape index (κ3) is 4.70. The van der Waals surface area contributed by atoms with Gasteiger partial charge in [-0.25, -0.2) is 9.37 Å². The molecular weight excluding hydrogens is 433 g/mol. The van der Waals surface area contributed by atoms with Gasteiger partial charge in [-0.1, -0.05) is 41.6 Å². The van der Waals surface area contributed by atoms with Gasteiger partial charge in [0.1, 0.15) is 10.5 Å². The molecule has 0 spiro atoms. The number of hydrogen-bond donors (Lipinski definition) is 1. The van der Waals surface area contributed by atoms with Gasteiger partial charge in [0.15, 0.2) is 5.16 Å². The number of nitrogens with zero attached hydrogens (tertiary/aromatic N) is 2. The van der Waals surface area contributed by atoms with E-state index in [9.17, 15) is 14.0 Å². The van der Waals surface area contributed by atoms with Crippen molar-refractivity contribution < 1.29 is 9.18 Å². The summed E-state index contributed by atoms with van der Waals surface area (Å²) in [6.45, 7) is 4.26. The minimum absolute atomic E-state index is 0.105. The number of carbonyl (C=O) groups excluding carboxylic acids is 1. The lowest BCUT2D eigenvalue weighted by atomic mass is 10.1. The summed E-state index contributed by atoms with van der Waals surface area (Å²) < 4.78 is 15.2. The molecule has 0 saturated heterocycles. The normalized spacial score (nSPS) is 11.1. The number of carbonyl (C=O) groups is 1. The highest BCUT2D eigenvalue weighted by molar-refractivity contribution is 7.99. The SMILES string of the molecule is Cc1ccc(-n2c(SCC(=O)NCc3ccc(F)cc3)nc3ccsc3c2=O)c(C)c1. The number of amides is 1. The van der Waals surface area contributed by atoms with Crippen molar-refractivity contribution >= 4 is 39.2 Å². The summed E-state index contributed by atoms with van der Waals surface area (Å²) in [4.78, 5) is 30.3. The monoisotopic (exact) mass is 453 g/mol. The predicted molar refractivity (Wildman–Crippen MR) is 124 cm³/mol. The van der Waals surface area contributed by atoms with Crippen LogP contribution in [0.1, 0.15) is 16.7 Å². The number of nitrogens with one attached hydrogen (secondary N) is 1. The van der Waals surface area contributed by atoms with E-state index in [4.69, 9.17) is 0 Å². The summed E-state index contributed by atoms with van der Waals surface area (Å²) >= 11 is 2.58. The number of fused-ring (bicyclic) bond motifs is 1. The Bertz CT molecular complexity index is 1310. The van der Waals surface area contributed by atoms with Crippen molar-refractivity contribution in [1.82, 2.24) is 14.9 Å². The summed E-state index contributed by atoms with van der Waals surface area (Å²) in [7, 11) is 0. The molecule has 158 valence electrons. The Hall–Kier alpha value is -2.97. The predicted octanol–water partition coefficient (Wildman–Crippen LogP) is 4.61. The zero-order valence-electron chi connectivity index (χ0n) is 17.0. The standard InChI is InChI=1S/C23H20FN3O2S2/c1-14-3-8-19(15(2)11-14)27-22(29)21-18(9-10-30-21)26-23(27)31-13-20(28)25-12-16-4-6-17(24)7-5-16/h3-11H,12-13H2,1-2H3,(H,25,28). The molecule has 1 N–H and O–H groups in total. The van der Waals surface area contributed by atoms with Crippen LogP contribution in [-0.2, 0) is 11.3 Å². The zero-order chi connectivity index (χ0) is 22.0. The molecule has 4 rings (SSSR count). The highest BCUT2D eigenvalue weighted by atomic mass is 32.2. The van der Waals surface area contributed by atoms with E-state index in [2.05, 4.69) is 10.3 Å². The minimum atomic E-state index is -0.315. The first kappa shape index (κ1) is 21.3. The maximum atomic E-state index is 13.2. The highest BCUT2D eigenvalue weighted by Gasteiger charge is 2.17. The molecule has 5 nitrogen and oxygen atoms in total. The van der Waals surface area contributed by atoms with E-state index in [0.29, 0.717) is 21.9 Å². The van der Waals surface area contributed by atoms with E-state index in [-0.39, 0.29) is 23.0 Å². The number of halogens is 1. The fraction of sp³-hybridized carbons (Fsp3) is 0.174. The average Bonchev–Trinajstić information content (AvgIpc) is 3.22. The Morgan fingerprint density at radius 3 is 2.68 bits per heavy atom. The lowest BCUT2D eigenvalue weighted by molar-refractivity contribution is -0.118. The first-order valence-corrected chi connectivity index (χ1v) is 11.5. The smallest absolute Gasteiger partial charge is 0.276 e. The number of aryl methyl sites for hydroxylation is 2. The molecule has 0 aliphatic heterocycles. The van der Waals surface area contributed by atoms with E-state index in [0.717, 1.165) is 22.4 Å². The van der Waals surface area contributed by atoms with E-state index < -0.39 is 0 Å². The summed E-state index contributed by atoms with van der Waals surface area (Å²) in [5.41, 5.74) is 4.13. The molecule has 0 aliphatic carbocycles. The van der Waals surface area contributed by atoms with Gasteiger partial charge in [-0.3, -0.25) is 14.2 Å². The summed E-state index contributed by atoms with van der Waals surface area (Å²) in [6.07, 6.45) is 0. The third-order valence-corrected chi connectivity index (χ3v) is 6.61. The van der Waals surface area contributed by atoms with Crippen LogP contribution in [0.4, 0.5) is 4.39 Å². The molecular formula is C23H20FN3O2S2. The number of aromatic nitrogens is 2. The lowest BCUT2D eigenvalue weighted by Gasteiger charge is -2.14. The molecule has 31 heavy (non-hydrogen) atoms. The Morgan fingerprint density at radius 2 is 1.94 bits per heavy atom. The quantitative estimate of drug-likeness (QED) is 0.342. The molecule has 0 fully saturated rings. The van der Waals surface area contributed by atoms with Gasteiger partial charge in [0, 0.05) is 6.54 Å². The molecule has 2 aromatic heterocycles. The van der Waals surface area contributed by atoms with Gasteiger partial charge in [-0.15, -0.1) is 11.3 Å². The molecule has 2 aromatic carbocycles. The van der Waals surface area contributed by atoms with E-state index in [1.807, 2.05) is 43.5 Å². The molecule has 0 saturated carbocycles. The van der Waals surface area contributed by atoms with Gasteiger partial charge >= 0.3 is 0 Å². The fourth-order valence-electron chi connectivity index (χ4n) is 3.24. The van der Waals surface area contributed by atoms with Crippen LogP contribution in [0.25, 0.3) is 15.9 Å². The third-order valence-electron chi connectivity index (χ3n) is 4.78. The Kier molecular flexibility index (Phi) is 6.20. The van der Waals surface area contributed by atoms with Gasteiger partial charge in [-0.05, 0) is 54.6 Å². The average molecular weight is 454 g/mol. The van der Waals surface area contributed by atoms with E-state index in [1.165, 1.54) is 35.2 Å². The Labute approximate surface area is 187 Å². The topological polar surface area (TPSA) is 64.0 Å². The first-order chi connectivity index (χ1) is 14.9. The highest BCUT2D eigenvalue weighted by Crippen LogP contribution is 2.25. The number of thioether (sulfide) groups is 1. The minimum Gasteiger partial charge on any atom is -0.351 e. The van der Waals surface area contributed by atoms with E-state index in [1.54, 1.807) is 16.7 Å². The number of thiophene rings is 1. The van der Waals surface area contributed by atoms with Crippen LogP contribution in [0.5, 0.6) is 0 Å². The van der Waals surface area contributed by atoms with Crippen LogP contribution in [0.3, 0.4) is 0 Å². The molecule has 0 aliphatic rings. The number of rotatable bonds is 6. The largest absolute Gasteiger partial charge is 0.351 e. The molecule has 0 bridgehead atoms. The van der Waals surface area contributed by atoms with Crippen molar-refractivity contribution in [3.63, 3.8) is 0 Å². The number of hydrogen-bond acceptors (Lipinski definition) is 5. The summed E-state index contributed by atoms with van der Waals surface area (Å²) in [5, 5.41) is 5.13. The van der Waals surface area contributed by atoms with Crippen LogP contribution < -0.4 is 10.9 Å². The molecule has 0 atom stereocenters. The van der Waals surface area contributed by atoms with E-state index >= 15 is 0 Å². The summed E-state index contributed by atoms with van der Waals surface area (Å²) in [6, 6.07) is 13.7. The van der Waals surface area contributed by atoms with Crippen molar-refractivity contribution in [2.75, 3.05) is 5.75 Å². The molecule has 0 unspecified atom stereocenters. The zero-order valence-corrected chi connectivity index (χ0v) is 18.6. The maximum Gasteiger partial charge on any atom is 0.276 e. The lowest BCUT2D eigenvalue weighted by Crippen LogP contribution is -2.26. The van der Waals surface area contributed by atoms with Gasteiger partial charge in [0.2, 0.25) is 5.91 Å². The molecule has 1 amide bonds. The van der Waals surface area contributed by atoms with Crippen molar-refractivity contribution in [3.8, 4) is 5.69 Å².